The number of alkyl halides is 2. The van der Waals surface area contributed by atoms with Crippen molar-refractivity contribution in [2.24, 2.45) is 5.16 Å². The zero-order chi connectivity index (χ0) is 17.9. The molecule has 3 unspecified atom stereocenters. The molecule has 0 fully saturated rings. The fourth-order valence-electron chi connectivity index (χ4n) is 2.17. The average Bonchev–Trinajstić information content (AvgIpc) is 2.90. The van der Waals surface area contributed by atoms with E-state index in [9.17, 15) is 18.7 Å². The third-order valence-corrected chi connectivity index (χ3v) is 5.44. The van der Waals surface area contributed by atoms with Crippen LogP contribution in [0.5, 0.6) is 0 Å². The maximum absolute atomic E-state index is 13.4. The molecule has 0 radical (unpaired) electrons. The van der Waals surface area contributed by atoms with E-state index in [1.165, 1.54) is 7.11 Å². The molecule has 2 rings (SSSR count). The number of hydrogen-bond acceptors (Lipinski definition) is 6. The van der Waals surface area contributed by atoms with Gasteiger partial charge in [0.1, 0.15) is 0 Å². The van der Waals surface area contributed by atoms with Gasteiger partial charge in [-0.2, -0.15) is 4.18 Å². The normalized spacial score (nSPS) is 24.5. The van der Waals surface area contributed by atoms with E-state index in [-0.39, 0.29) is 6.61 Å². The third-order valence-electron chi connectivity index (χ3n) is 3.36. The minimum atomic E-state index is -3.30. The highest BCUT2D eigenvalue weighted by Gasteiger charge is 2.67. The van der Waals surface area contributed by atoms with Crippen LogP contribution in [-0.2, 0) is 29.7 Å². The van der Waals surface area contributed by atoms with E-state index in [0.717, 1.165) is 5.56 Å². The number of esters is 1. The van der Waals surface area contributed by atoms with Crippen molar-refractivity contribution in [2.45, 2.75) is 36.2 Å². The number of carbonyl (C=O) groups is 1. The monoisotopic (exact) mass is 362 g/mol. The van der Waals surface area contributed by atoms with Gasteiger partial charge in [0, 0.05) is 0 Å². The Balaban J connectivity index is 2.46. The lowest BCUT2D eigenvalue weighted by Gasteiger charge is -2.24. The first kappa shape index (κ1) is 18.6. The standard InChI is InChI=1S/C15H18F2NO5S/c1-4-22-13(19)11-12(15(20,14(16)17)23-18-11)24(21-3)10-7-5-9(2)6-8-10/h5-8,12,14,20H,4H2,1-3H3/q+1. The first-order chi connectivity index (χ1) is 11.3. The Bertz CT molecular complexity index is 625. The molecule has 6 nitrogen and oxygen atoms in total. The number of benzene rings is 1. The highest BCUT2D eigenvalue weighted by molar-refractivity contribution is 7.94. The fraction of sp³-hybridized carbons (Fsp3) is 0.467. The van der Waals surface area contributed by atoms with Gasteiger partial charge in [0.05, 0.1) is 13.7 Å². The Morgan fingerprint density at radius 3 is 2.58 bits per heavy atom. The summed E-state index contributed by atoms with van der Waals surface area (Å²) < 4.78 is 37.0. The van der Waals surface area contributed by atoms with Gasteiger partial charge in [-0.3, -0.25) is 0 Å². The average molecular weight is 362 g/mol. The quantitative estimate of drug-likeness (QED) is 0.617. The largest absolute Gasteiger partial charge is 0.461 e. The maximum atomic E-state index is 13.4. The van der Waals surface area contributed by atoms with Crippen LogP contribution in [0, 0.1) is 6.92 Å². The summed E-state index contributed by atoms with van der Waals surface area (Å²) in [4.78, 5) is 17.1. The van der Waals surface area contributed by atoms with Crippen LogP contribution < -0.4 is 0 Å². The second-order valence-corrected chi connectivity index (χ2v) is 6.87. The topological polar surface area (TPSA) is 77.4 Å². The molecule has 1 aliphatic rings. The van der Waals surface area contributed by atoms with E-state index < -0.39 is 40.3 Å². The van der Waals surface area contributed by atoms with Crippen LogP contribution in [0.3, 0.4) is 0 Å². The molecule has 1 aliphatic heterocycles. The molecule has 9 heteroatoms. The summed E-state index contributed by atoms with van der Waals surface area (Å²) in [6.45, 7) is 3.47. The van der Waals surface area contributed by atoms with E-state index in [4.69, 9.17) is 8.92 Å². The Kier molecular flexibility index (Phi) is 5.79. The summed E-state index contributed by atoms with van der Waals surface area (Å²) in [5.41, 5.74) is 0.537. The molecule has 0 saturated carbocycles. The molecule has 0 amide bonds. The summed E-state index contributed by atoms with van der Waals surface area (Å²) in [6, 6.07) is 6.89. The highest BCUT2D eigenvalue weighted by atomic mass is 32.2. The van der Waals surface area contributed by atoms with E-state index in [1.807, 2.05) is 6.92 Å². The molecule has 1 aromatic rings. The van der Waals surface area contributed by atoms with E-state index in [0.29, 0.717) is 4.90 Å². The predicted octanol–water partition coefficient (Wildman–Crippen LogP) is 1.81. The lowest BCUT2D eigenvalue weighted by molar-refractivity contribution is -0.251. The zero-order valence-electron chi connectivity index (χ0n) is 13.4. The minimum Gasteiger partial charge on any atom is -0.461 e. The fourth-order valence-corrected chi connectivity index (χ4v) is 4.03. The van der Waals surface area contributed by atoms with Crippen molar-refractivity contribution in [1.82, 2.24) is 0 Å². The molecule has 0 bridgehead atoms. The van der Waals surface area contributed by atoms with Crippen molar-refractivity contribution < 1.29 is 32.4 Å². The van der Waals surface area contributed by atoms with Crippen molar-refractivity contribution in [2.75, 3.05) is 13.7 Å². The van der Waals surface area contributed by atoms with Gasteiger partial charge < -0.3 is 14.7 Å². The molecule has 24 heavy (non-hydrogen) atoms. The van der Waals surface area contributed by atoms with Gasteiger partial charge in [-0.15, -0.1) is 0 Å². The van der Waals surface area contributed by atoms with Crippen LogP contribution in [0.4, 0.5) is 8.78 Å². The first-order valence-corrected chi connectivity index (χ1v) is 8.34. The summed E-state index contributed by atoms with van der Waals surface area (Å²) >= 11 is -1.41. The van der Waals surface area contributed by atoms with E-state index in [1.54, 1.807) is 31.2 Å². The first-order valence-electron chi connectivity index (χ1n) is 7.13. The molecule has 0 aromatic heterocycles. The molecular formula is C15H18F2NO5S+. The number of rotatable bonds is 6. The Labute approximate surface area is 140 Å². The molecule has 0 saturated heterocycles. The van der Waals surface area contributed by atoms with Crippen LogP contribution in [0.15, 0.2) is 34.3 Å². The smallest absolute Gasteiger partial charge is 0.361 e. The number of halogens is 2. The summed E-state index contributed by atoms with van der Waals surface area (Å²) in [5, 5.41) is 12.1. The van der Waals surface area contributed by atoms with E-state index in [2.05, 4.69) is 9.99 Å². The number of aliphatic hydroxyl groups is 1. The number of aryl methyl sites for hydroxylation is 1. The third kappa shape index (κ3) is 3.38. The van der Waals surface area contributed by atoms with Gasteiger partial charge in [0.25, 0.3) is 5.25 Å². The van der Waals surface area contributed by atoms with Gasteiger partial charge in [-0.1, -0.05) is 22.9 Å². The van der Waals surface area contributed by atoms with Crippen LogP contribution in [0.1, 0.15) is 12.5 Å². The maximum Gasteiger partial charge on any atom is 0.361 e. The van der Waals surface area contributed by atoms with Crippen molar-refractivity contribution in [1.29, 1.82) is 0 Å². The van der Waals surface area contributed by atoms with Crippen LogP contribution in [0.2, 0.25) is 0 Å². The van der Waals surface area contributed by atoms with Crippen LogP contribution >= 0.6 is 0 Å². The molecular weight excluding hydrogens is 344 g/mol. The van der Waals surface area contributed by atoms with Gasteiger partial charge in [-0.05, 0) is 26.0 Å². The molecule has 0 spiro atoms. The molecule has 1 heterocycles. The second kappa shape index (κ2) is 7.45. The number of oxime groups is 1. The molecule has 0 aliphatic carbocycles. The van der Waals surface area contributed by atoms with Gasteiger partial charge in [0.15, 0.2) is 4.90 Å². The zero-order valence-corrected chi connectivity index (χ0v) is 14.2. The van der Waals surface area contributed by atoms with Crippen LogP contribution in [-0.4, -0.2) is 48.0 Å². The highest BCUT2D eigenvalue weighted by Crippen LogP contribution is 2.37. The van der Waals surface area contributed by atoms with Crippen molar-refractivity contribution in [3.05, 3.63) is 29.8 Å². The van der Waals surface area contributed by atoms with Crippen molar-refractivity contribution in [3.8, 4) is 0 Å². The van der Waals surface area contributed by atoms with Crippen molar-refractivity contribution >= 4 is 22.9 Å². The second-order valence-electron chi connectivity index (χ2n) is 5.00. The lowest BCUT2D eigenvalue weighted by Crippen LogP contribution is -2.55. The molecule has 1 N–H and O–H groups in total. The summed E-state index contributed by atoms with van der Waals surface area (Å²) in [6.07, 6.45) is -3.30. The van der Waals surface area contributed by atoms with Gasteiger partial charge >= 0.3 is 18.2 Å². The Morgan fingerprint density at radius 2 is 2.08 bits per heavy atom. The SMILES string of the molecule is CCOC(=O)C1=NOC(O)(C(F)F)C1[S+](OC)c1ccc(C)cc1. The van der Waals surface area contributed by atoms with Gasteiger partial charge in [-0.25, -0.2) is 13.6 Å². The Hall–Kier alpha value is -1.71. The van der Waals surface area contributed by atoms with Gasteiger partial charge in [0.2, 0.25) is 16.9 Å². The molecule has 3 atom stereocenters. The lowest BCUT2D eigenvalue weighted by atomic mass is 10.1. The Morgan fingerprint density at radius 1 is 1.46 bits per heavy atom. The summed E-state index contributed by atoms with van der Waals surface area (Å²) in [5.74, 6) is -3.90. The number of ether oxygens (including phenoxy) is 1. The number of carbonyl (C=O) groups excluding carboxylic acids is 1. The molecule has 132 valence electrons. The van der Waals surface area contributed by atoms with Crippen LogP contribution in [0.25, 0.3) is 0 Å². The number of nitrogens with zero attached hydrogens (tertiary/aromatic N) is 1. The predicted molar refractivity (Wildman–Crippen MR) is 83.7 cm³/mol. The number of hydrogen-bond donors (Lipinski definition) is 1. The molecule has 1 aromatic carbocycles. The summed E-state index contributed by atoms with van der Waals surface area (Å²) in [7, 11) is 1.30. The minimum absolute atomic E-state index is 0.0307. The van der Waals surface area contributed by atoms with Crippen molar-refractivity contribution in [3.63, 3.8) is 0 Å². The van der Waals surface area contributed by atoms with E-state index >= 15 is 0 Å².